The molecule has 0 unspecified atom stereocenters. The van der Waals surface area contributed by atoms with Crippen LogP contribution in [0.3, 0.4) is 0 Å². The standard InChI is InChI=1S/C15H18FN3O/c1-2-7-19-8-5-11(6-9-19)18-12-3-4-14(16)13(10-12)15(17)20/h1,3-4,10-11,18H,5-9H2,(H2,17,20). The number of likely N-dealkylation sites (tertiary alicyclic amines) is 1. The summed E-state index contributed by atoms with van der Waals surface area (Å²) in [5.41, 5.74) is 5.77. The van der Waals surface area contributed by atoms with Gasteiger partial charge in [-0.15, -0.1) is 6.42 Å². The molecule has 106 valence electrons. The average molecular weight is 275 g/mol. The maximum atomic E-state index is 13.4. The van der Waals surface area contributed by atoms with Crippen LogP contribution >= 0.6 is 0 Å². The van der Waals surface area contributed by atoms with Crippen molar-refractivity contribution in [3.8, 4) is 12.3 Å². The van der Waals surface area contributed by atoms with Crippen LogP contribution in [0.15, 0.2) is 18.2 Å². The van der Waals surface area contributed by atoms with Gasteiger partial charge in [-0.2, -0.15) is 0 Å². The molecule has 5 heteroatoms. The van der Waals surface area contributed by atoms with Crippen LogP contribution in [0.2, 0.25) is 0 Å². The summed E-state index contributed by atoms with van der Waals surface area (Å²) in [4.78, 5) is 13.3. The van der Waals surface area contributed by atoms with Gasteiger partial charge in [0.15, 0.2) is 0 Å². The van der Waals surface area contributed by atoms with Crippen LogP contribution in [0, 0.1) is 18.2 Å². The number of carbonyl (C=O) groups is 1. The van der Waals surface area contributed by atoms with Crippen LogP contribution in [-0.4, -0.2) is 36.5 Å². The minimum absolute atomic E-state index is 0.0835. The molecule has 1 saturated heterocycles. The maximum Gasteiger partial charge on any atom is 0.251 e. The third-order valence-corrected chi connectivity index (χ3v) is 3.51. The number of piperidine rings is 1. The van der Waals surface area contributed by atoms with Crippen molar-refractivity contribution in [3.63, 3.8) is 0 Å². The Labute approximate surface area is 118 Å². The lowest BCUT2D eigenvalue weighted by molar-refractivity contribution is 0.0996. The third kappa shape index (κ3) is 3.49. The third-order valence-electron chi connectivity index (χ3n) is 3.51. The van der Waals surface area contributed by atoms with Crippen molar-refractivity contribution < 1.29 is 9.18 Å². The SMILES string of the molecule is C#CCN1CCC(Nc2ccc(F)c(C(N)=O)c2)CC1. The molecule has 0 bridgehead atoms. The quantitative estimate of drug-likeness (QED) is 0.817. The fourth-order valence-electron chi connectivity index (χ4n) is 2.40. The Morgan fingerprint density at radius 3 is 2.80 bits per heavy atom. The van der Waals surface area contributed by atoms with Crippen molar-refractivity contribution in [2.45, 2.75) is 18.9 Å². The first kappa shape index (κ1) is 14.4. The van der Waals surface area contributed by atoms with Gasteiger partial charge in [0, 0.05) is 24.8 Å². The van der Waals surface area contributed by atoms with E-state index in [4.69, 9.17) is 12.2 Å². The molecule has 2 rings (SSSR count). The van der Waals surface area contributed by atoms with E-state index >= 15 is 0 Å². The van der Waals surface area contributed by atoms with Crippen LogP contribution in [-0.2, 0) is 0 Å². The monoisotopic (exact) mass is 275 g/mol. The summed E-state index contributed by atoms with van der Waals surface area (Å²) in [6.45, 7) is 2.55. The highest BCUT2D eigenvalue weighted by molar-refractivity contribution is 5.94. The largest absolute Gasteiger partial charge is 0.382 e. The number of hydrogen-bond acceptors (Lipinski definition) is 3. The Hall–Kier alpha value is -2.06. The number of nitrogens with one attached hydrogen (secondary N) is 1. The lowest BCUT2D eigenvalue weighted by Gasteiger charge is -2.31. The molecule has 0 spiro atoms. The maximum absolute atomic E-state index is 13.4. The minimum atomic E-state index is -0.755. The Morgan fingerprint density at radius 2 is 2.20 bits per heavy atom. The summed E-state index contributed by atoms with van der Waals surface area (Å²) >= 11 is 0. The molecule has 1 aliphatic rings. The summed E-state index contributed by atoms with van der Waals surface area (Å²) in [5, 5.41) is 3.31. The van der Waals surface area contributed by atoms with Crippen molar-refractivity contribution in [1.82, 2.24) is 4.90 Å². The Morgan fingerprint density at radius 1 is 1.50 bits per heavy atom. The molecule has 0 atom stereocenters. The molecule has 1 aromatic carbocycles. The second kappa shape index (κ2) is 6.40. The molecule has 0 saturated carbocycles. The van der Waals surface area contributed by atoms with Crippen LogP contribution in [0.4, 0.5) is 10.1 Å². The Balaban J connectivity index is 1.96. The van der Waals surface area contributed by atoms with E-state index in [0.29, 0.717) is 12.6 Å². The van der Waals surface area contributed by atoms with Crippen molar-refractivity contribution in [1.29, 1.82) is 0 Å². The number of rotatable bonds is 4. The van der Waals surface area contributed by atoms with E-state index < -0.39 is 11.7 Å². The van der Waals surface area contributed by atoms with Crippen molar-refractivity contribution >= 4 is 11.6 Å². The van der Waals surface area contributed by atoms with E-state index in [1.165, 1.54) is 12.1 Å². The van der Waals surface area contributed by atoms with Gasteiger partial charge in [-0.05, 0) is 31.0 Å². The van der Waals surface area contributed by atoms with Gasteiger partial charge in [0.1, 0.15) is 5.82 Å². The number of primary amides is 1. The van der Waals surface area contributed by atoms with Crippen molar-refractivity contribution in [2.75, 3.05) is 25.0 Å². The Kier molecular flexibility index (Phi) is 4.59. The molecule has 0 aliphatic carbocycles. The topological polar surface area (TPSA) is 58.4 Å². The zero-order chi connectivity index (χ0) is 14.5. The number of nitrogens with two attached hydrogens (primary N) is 1. The van der Waals surface area contributed by atoms with Gasteiger partial charge in [0.25, 0.3) is 5.91 Å². The number of amides is 1. The van der Waals surface area contributed by atoms with Crippen molar-refractivity contribution in [3.05, 3.63) is 29.6 Å². The highest BCUT2D eigenvalue weighted by atomic mass is 19.1. The summed E-state index contributed by atoms with van der Waals surface area (Å²) in [5.74, 6) is 1.30. The van der Waals surface area contributed by atoms with Gasteiger partial charge in [0.05, 0.1) is 12.1 Å². The van der Waals surface area contributed by atoms with Crippen LogP contribution < -0.4 is 11.1 Å². The lowest BCUT2D eigenvalue weighted by Crippen LogP contribution is -2.39. The zero-order valence-corrected chi connectivity index (χ0v) is 11.2. The second-order valence-electron chi connectivity index (χ2n) is 4.96. The molecule has 3 N–H and O–H groups in total. The molecule has 0 radical (unpaired) electrons. The molecule has 1 aliphatic heterocycles. The molecule has 1 heterocycles. The van der Waals surface area contributed by atoms with E-state index in [-0.39, 0.29) is 5.56 Å². The van der Waals surface area contributed by atoms with E-state index in [0.717, 1.165) is 31.6 Å². The highest BCUT2D eigenvalue weighted by Gasteiger charge is 2.19. The number of carbonyl (C=O) groups excluding carboxylic acids is 1. The smallest absolute Gasteiger partial charge is 0.251 e. The van der Waals surface area contributed by atoms with Crippen LogP contribution in [0.5, 0.6) is 0 Å². The summed E-state index contributed by atoms with van der Waals surface area (Å²) in [6, 6.07) is 4.65. The number of hydrogen-bond donors (Lipinski definition) is 2. The molecule has 1 amide bonds. The molecule has 1 fully saturated rings. The average Bonchev–Trinajstić information content (AvgIpc) is 2.43. The fourth-order valence-corrected chi connectivity index (χ4v) is 2.40. The number of nitrogens with zero attached hydrogens (tertiary/aromatic N) is 1. The first-order chi connectivity index (χ1) is 9.60. The van der Waals surface area contributed by atoms with Gasteiger partial charge < -0.3 is 11.1 Å². The van der Waals surface area contributed by atoms with Gasteiger partial charge >= 0.3 is 0 Å². The van der Waals surface area contributed by atoms with Crippen LogP contribution in [0.25, 0.3) is 0 Å². The number of halogens is 1. The summed E-state index contributed by atoms with van der Waals surface area (Å²) < 4.78 is 13.4. The van der Waals surface area contributed by atoms with Gasteiger partial charge in [-0.25, -0.2) is 4.39 Å². The van der Waals surface area contributed by atoms with Gasteiger partial charge in [0.2, 0.25) is 0 Å². The van der Waals surface area contributed by atoms with E-state index in [1.54, 1.807) is 6.07 Å². The van der Waals surface area contributed by atoms with Gasteiger partial charge in [-0.3, -0.25) is 9.69 Å². The van der Waals surface area contributed by atoms with Gasteiger partial charge in [-0.1, -0.05) is 5.92 Å². The van der Waals surface area contributed by atoms with Crippen LogP contribution in [0.1, 0.15) is 23.2 Å². The number of terminal acetylenes is 1. The molecular formula is C15H18FN3O. The zero-order valence-electron chi connectivity index (χ0n) is 11.2. The van der Waals surface area contributed by atoms with E-state index in [1.807, 2.05) is 0 Å². The molecule has 0 aromatic heterocycles. The normalized spacial score (nSPS) is 16.6. The summed E-state index contributed by atoms with van der Waals surface area (Å²) in [6.07, 6.45) is 7.22. The lowest BCUT2D eigenvalue weighted by atomic mass is 10.0. The van der Waals surface area contributed by atoms with E-state index in [9.17, 15) is 9.18 Å². The molecule has 20 heavy (non-hydrogen) atoms. The Bertz CT molecular complexity index is 530. The molecule has 4 nitrogen and oxygen atoms in total. The van der Waals surface area contributed by atoms with E-state index in [2.05, 4.69) is 16.1 Å². The highest BCUT2D eigenvalue weighted by Crippen LogP contribution is 2.19. The first-order valence-corrected chi connectivity index (χ1v) is 6.62. The molecule has 1 aromatic rings. The minimum Gasteiger partial charge on any atom is -0.382 e. The predicted octanol–water partition coefficient (Wildman–Crippen LogP) is 1.43. The number of benzene rings is 1. The first-order valence-electron chi connectivity index (χ1n) is 6.62. The summed E-state index contributed by atoms with van der Waals surface area (Å²) in [7, 11) is 0. The predicted molar refractivity (Wildman–Crippen MR) is 76.8 cm³/mol. The fraction of sp³-hybridized carbons (Fsp3) is 0.400. The molecular weight excluding hydrogens is 257 g/mol. The van der Waals surface area contributed by atoms with Crippen molar-refractivity contribution in [2.24, 2.45) is 5.73 Å². The second-order valence-corrected chi connectivity index (χ2v) is 4.96. The number of anilines is 1.